The molecule has 0 saturated heterocycles. The highest BCUT2D eigenvalue weighted by Crippen LogP contribution is 2.26. The molecule has 0 atom stereocenters. The van der Waals surface area contributed by atoms with Crippen molar-refractivity contribution >= 4 is 33.2 Å². The second kappa shape index (κ2) is 5.22. The highest BCUT2D eigenvalue weighted by molar-refractivity contribution is 9.10. The number of carboxylic acid groups (broad SMARTS) is 1. The third kappa shape index (κ3) is 2.39. The van der Waals surface area contributed by atoms with E-state index in [0.717, 1.165) is 15.7 Å². The van der Waals surface area contributed by atoms with Crippen LogP contribution in [0.25, 0.3) is 16.9 Å². The lowest BCUT2D eigenvalue weighted by molar-refractivity contribution is 0.0697. The average Bonchev–Trinajstić information content (AvgIpc) is 3.08. The summed E-state index contributed by atoms with van der Waals surface area (Å²) < 4.78 is 2.55. The number of hydrogen-bond acceptors (Lipinski definition) is 3. The van der Waals surface area contributed by atoms with Crippen molar-refractivity contribution < 1.29 is 9.90 Å². The van der Waals surface area contributed by atoms with Crippen molar-refractivity contribution in [1.29, 1.82) is 0 Å². The van der Waals surface area contributed by atoms with E-state index >= 15 is 0 Å². The van der Waals surface area contributed by atoms with Crippen molar-refractivity contribution in [2.45, 2.75) is 0 Å². The maximum Gasteiger partial charge on any atom is 0.339 e. The van der Waals surface area contributed by atoms with E-state index in [1.54, 1.807) is 10.9 Å². The van der Waals surface area contributed by atoms with Crippen LogP contribution in [0, 0.1) is 0 Å². The summed E-state index contributed by atoms with van der Waals surface area (Å²) in [6.45, 7) is 0. The van der Waals surface area contributed by atoms with Crippen LogP contribution < -0.4 is 0 Å². The van der Waals surface area contributed by atoms with Crippen LogP contribution in [-0.4, -0.2) is 20.9 Å². The molecule has 0 saturated carbocycles. The number of aromatic nitrogens is 2. The first-order valence-corrected chi connectivity index (χ1v) is 7.50. The van der Waals surface area contributed by atoms with Crippen molar-refractivity contribution in [3.05, 3.63) is 57.3 Å². The predicted molar refractivity (Wildman–Crippen MR) is 81.5 cm³/mol. The lowest BCUT2D eigenvalue weighted by atomic mass is 10.1. The third-order valence-electron chi connectivity index (χ3n) is 2.83. The largest absolute Gasteiger partial charge is 0.478 e. The van der Waals surface area contributed by atoms with Gasteiger partial charge in [-0.05, 0) is 35.7 Å². The predicted octanol–water partition coefficient (Wildman–Crippen LogP) is 4.06. The Morgan fingerprint density at radius 2 is 2.00 bits per heavy atom. The number of thiophene rings is 1. The van der Waals surface area contributed by atoms with Crippen LogP contribution in [0.1, 0.15) is 10.4 Å². The zero-order valence-corrected chi connectivity index (χ0v) is 12.6. The van der Waals surface area contributed by atoms with Crippen molar-refractivity contribution in [1.82, 2.24) is 9.78 Å². The molecule has 2 heterocycles. The van der Waals surface area contributed by atoms with Gasteiger partial charge in [0.15, 0.2) is 0 Å². The van der Waals surface area contributed by atoms with Crippen LogP contribution >= 0.6 is 27.3 Å². The molecular weight excluding hydrogens is 340 g/mol. The number of carbonyl (C=O) groups is 1. The summed E-state index contributed by atoms with van der Waals surface area (Å²) in [4.78, 5) is 11.4. The van der Waals surface area contributed by atoms with Crippen molar-refractivity contribution in [2.24, 2.45) is 0 Å². The fourth-order valence-corrected chi connectivity index (χ4v) is 2.77. The molecule has 0 bridgehead atoms. The topological polar surface area (TPSA) is 55.1 Å². The van der Waals surface area contributed by atoms with Gasteiger partial charge in [0.2, 0.25) is 0 Å². The van der Waals surface area contributed by atoms with Gasteiger partial charge in [-0.2, -0.15) is 16.4 Å². The fourth-order valence-electron chi connectivity index (χ4n) is 1.87. The highest BCUT2D eigenvalue weighted by atomic mass is 79.9. The summed E-state index contributed by atoms with van der Waals surface area (Å²) in [5.41, 5.74) is 2.33. The zero-order chi connectivity index (χ0) is 14.1. The molecule has 1 N–H and O–H groups in total. The molecule has 0 aliphatic rings. The van der Waals surface area contributed by atoms with Crippen LogP contribution in [0.2, 0.25) is 0 Å². The summed E-state index contributed by atoms with van der Waals surface area (Å²) >= 11 is 4.88. The van der Waals surface area contributed by atoms with Gasteiger partial charge in [-0.1, -0.05) is 15.9 Å². The van der Waals surface area contributed by atoms with E-state index in [2.05, 4.69) is 21.0 Å². The Morgan fingerprint density at radius 3 is 2.60 bits per heavy atom. The zero-order valence-electron chi connectivity index (χ0n) is 10.2. The number of carboxylic acids is 1. The monoisotopic (exact) mass is 348 g/mol. The fraction of sp³-hybridized carbons (Fsp3) is 0. The van der Waals surface area contributed by atoms with Gasteiger partial charge >= 0.3 is 5.97 Å². The molecule has 0 aliphatic heterocycles. The minimum absolute atomic E-state index is 0.200. The second-order valence-electron chi connectivity index (χ2n) is 4.13. The quantitative estimate of drug-likeness (QED) is 0.776. The van der Waals surface area contributed by atoms with E-state index in [9.17, 15) is 9.90 Å². The van der Waals surface area contributed by atoms with Crippen LogP contribution in [-0.2, 0) is 0 Å². The molecule has 100 valence electrons. The van der Waals surface area contributed by atoms with Crippen LogP contribution in [0.15, 0.2) is 51.8 Å². The Balaban J connectivity index is 2.12. The molecule has 0 radical (unpaired) electrons. The van der Waals surface area contributed by atoms with Crippen molar-refractivity contribution in [3.8, 4) is 16.9 Å². The molecule has 2 aromatic heterocycles. The first-order chi connectivity index (χ1) is 9.65. The lowest BCUT2D eigenvalue weighted by Gasteiger charge is -2.00. The van der Waals surface area contributed by atoms with Gasteiger partial charge in [-0.3, -0.25) is 0 Å². The Kier molecular flexibility index (Phi) is 3.42. The summed E-state index contributed by atoms with van der Waals surface area (Å²) in [6, 6.07) is 9.40. The van der Waals surface area contributed by atoms with E-state index in [1.165, 1.54) is 11.3 Å². The molecule has 0 unspecified atom stereocenters. The minimum Gasteiger partial charge on any atom is -0.478 e. The van der Waals surface area contributed by atoms with E-state index in [-0.39, 0.29) is 5.56 Å². The number of hydrogen-bond donors (Lipinski definition) is 1. The minimum atomic E-state index is -0.977. The molecule has 0 amide bonds. The Labute approximate surface area is 127 Å². The second-order valence-corrected chi connectivity index (χ2v) is 5.83. The van der Waals surface area contributed by atoms with Gasteiger partial charge in [0.25, 0.3) is 0 Å². The standard InChI is InChI=1S/C14H9BrN2O2S/c15-10-1-3-11(4-2-10)17-7-12(14(18)19)13(16-17)9-5-6-20-8-9/h1-8H,(H,18,19). The summed E-state index contributed by atoms with van der Waals surface area (Å²) in [5, 5.41) is 17.5. The molecule has 6 heteroatoms. The normalized spacial score (nSPS) is 10.7. The van der Waals surface area contributed by atoms with E-state index < -0.39 is 5.97 Å². The van der Waals surface area contributed by atoms with Gasteiger partial charge in [-0.15, -0.1) is 0 Å². The van der Waals surface area contributed by atoms with E-state index in [0.29, 0.717) is 5.69 Å². The maximum atomic E-state index is 11.4. The summed E-state index contributed by atoms with van der Waals surface area (Å²) in [5.74, 6) is -0.977. The smallest absolute Gasteiger partial charge is 0.339 e. The number of halogens is 1. The molecule has 0 fully saturated rings. The van der Waals surface area contributed by atoms with E-state index in [1.807, 2.05) is 41.1 Å². The Bertz CT molecular complexity index is 748. The summed E-state index contributed by atoms with van der Waals surface area (Å²) in [6.07, 6.45) is 1.54. The average molecular weight is 349 g/mol. The third-order valence-corrected chi connectivity index (χ3v) is 4.04. The van der Waals surface area contributed by atoms with Gasteiger partial charge in [0.1, 0.15) is 11.3 Å². The highest BCUT2D eigenvalue weighted by Gasteiger charge is 2.17. The van der Waals surface area contributed by atoms with Crippen molar-refractivity contribution in [3.63, 3.8) is 0 Å². The number of rotatable bonds is 3. The number of benzene rings is 1. The summed E-state index contributed by atoms with van der Waals surface area (Å²) in [7, 11) is 0. The first kappa shape index (κ1) is 13.1. The number of aromatic carboxylic acids is 1. The number of nitrogens with zero attached hydrogens (tertiary/aromatic N) is 2. The van der Waals surface area contributed by atoms with Gasteiger partial charge in [-0.25, -0.2) is 9.48 Å². The SMILES string of the molecule is O=C(O)c1cn(-c2ccc(Br)cc2)nc1-c1ccsc1. The van der Waals surface area contributed by atoms with Crippen molar-refractivity contribution in [2.75, 3.05) is 0 Å². The molecule has 0 spiro atoms. The van der Waals surface area contributed by atoms with Gasteiger partial charge < -0.3 is 5.11 Å². The molecule has 1 aromatic carbocycles. The van der Waals surface area contributed by atoms with Crippen LogP contribution in [0.4, 0.5) is 0 Å². The molecular formula is C14H9BrN2O2S. The molecule has 20 heavy (non-hydrogen) atoms. The molecule has 3 rings (SSSR count). The van der Waals surface area contributed by atoms with Gasteiger partial charge in [0.05, 0.1) is 5.69 Å². The molecule has 0 aliphatic carbocycles. The molecule has 3 aromatic rings. The lowest BCUT2D eigenvalue weighted by Crippen LogP contribution is -1.96. The Hall–Kier alpha value is -1.92. The maximum absolute atomic E-state index is 11.4. The Morgan fingerprint density at radius 1 is 1.25 bits per heavy atom. The van der Waals surface area contributed by atoms with Gasteiger partial charge in [0, 0.05) is 21.6 Å². The van der Waals surface area contributed by atoms with Crippen LogP contribution in [0.5, 0.6) is 0 Å². The van der Waals surface area contributed by atoms with E-state index in [4.69, 9.17) is 0 Å². The van der Waals surface area contributed by atoms with Crippen LogP contribution in [0.3, 0.4) is 0 Å². The first-order valence-electron chi connectivity index (χ1n) is 5.76. The molecule has 4 nitrogen and oxygen atoms in total.